The molecule has 0 bridgehead atoms. The maximum Gasteiger partial charge on any atom is 0.324 e. The van der Waals surface area contributed by atoms with Gasteiger partial charge in [0.25, 0.3) is 0 Å². The first-order valence-corrected chi connectivity index (χ1v) is 6.39. The Kier molecular flexibility index (Phi) is 4.95. The van der Waals surface area contributed by atoms with Crippen LogP contribution in [0.15, 0.2) is 0 Å². The Labute approximate surface area is 104 Å². The van der Waals surface area contributed by atoms with Crippen LogP contribution in [0.5, 0.6) is 0 Å². The van der Waals surface area contributed by atoms with Crippen LogP contribution in [0.4, 0.5) is 0 Å². The number of carboxylic acids is 1. The van der Waals surface area contributed by atoms with Crippen molar-refractivity contribution in [1.82, 2.24) is 4.90 Å². The SMILES string of the molecule is COCC(C)N(C)C1(C(=O)O)CCCC(C)C1. The smallest absolute Gasteiger partial charge is 0.324 e. The summed E-state index contributed by atoms with van der Waals surface area (Å²) in [5, 5.41) is 9.61. The molecule has 1 aliphatic carbocycles. The fraction of sp³-hybridized carbons (Fsp3) is 0.923. The van der Waals surface area contributed by atoms with Gasteiger partial charge in [0.15, 0.2) is 0 Å². The first-order valence-electron chi connectivity index (χ1n) is 6.39. The van der Waals surface area contributed by atoms with E-state index in [0.717, 1.165) is 25.7 Å². The lowest BCUT2D eigenvalue weighted by Crippen LogP contribution is -2.58. The summed E-state index contributed by atoms with van der Waals surface area (Å²) in [6.07, 6.45) is 3.63. The molecule has 0 aromatic heterocycles. The van der Waals surface area contributed by atoms with Gasteiger partial charge in [-0.25, -0.2) is 0 Å². The molecule has 4 heteroatoms. The zero-order valence-electron chi connectivity index (χ0n) is 11.4. The van der Waals surface area contributed by atoms with Gasteiger partial charge in [-0.05, 0) is 32.7 Å². The number of nitrogens with zero attached hydrogens (tertiary/aromatic N) is 1. The predicted octanol–water partition coefficient (Wildman–Crippen LogP) is 1.99. The van der Waals surface area contributed by atoms with Crippen molar-refractivity contribution in [2.24, 2.45) is 5.92 Å². The third kappa shape index (κ3) is 2.99. The predicted molar refractivity (Wildman–Crippen MR) is 67.1 cm³/mol. The van der Waals surface area contributed by atoms with E-state index in [1.165, 1.54) is 0 Å². The van der Waals surface area contributed by atoms with Crippen LogP contribution in [0.1, 0.15) is 39.5 Å². The molecular weight excluding hydrogens is 218 g/mol. The minimum atomic E-state index is -0.699. The highest BCUT2D eigenvalue weighted by Gasteiger charge is 2.46. The minimum absolute atomic E-state index is 0.126. The van der Waals surface area contributed by atoms with Gasteiger partial charge in [-0.2, -0.15) is 0 Å². The van der Waals surface area contributed by atoms with E-state index in [1.54, 1.807) is 7.11 Å². The van der Waals surface area contributed by atoms with Crippen LogP contribution in [0, 0.1) is 5.92 Å². The Balaban J connectivity index is 2.87. The number of rotatable bonds is 5. The number of carboxylic acid groups (broad SMARTS) is 1. The average Bonchev–Trinajstić information content (AvgIpc) is 2.28. The molecule has 1 fully saturated rings. The number of aliphatic carboxylic acids is 1. The summed E-state index contributed by atoms with van der Waals surface area (Å²) >= 11 is 0. The lowest BCUT2D eigenvalue weighted by atomic mass is 9.75. The van der Waals surface area contributed by atoms with Crippen LogP contribution >= 0.6 is 0 Å². The van der Waals surface area contributed by atoms with E-state index in [2.05, 4.69) is 6.92 Å². The van der Waals surface area contributed by atoms with Gasteiger partial charge in [0.2, 0.25) is 0 Å². The first-order chi connectivity index (χ1) is 7.94. The largest absolute Gasteiger partial charge is 0.480 e. The van der Waals surface area contributed by atoms with Crippen molar-refractivity contribution in [2.45, 2.75) is 51.1 Å². The molecule has 1 saturated carbocycles. The van der Waals surface area contributed by atoms with Crippen LogP contribution in [0.3, 0.4) is 0 Å². The highest BCUT2D eigenvalue weighted by molar-refractivity contribution is 5.79. The van der Waals surface area contributed by atoms with E-state index in [9.17, 15) is 9.90 Å². The van der Waals surface area contributed by atoms with Gasteiger partial charge in [0, 0.05) is 13.2 Å². The first kappa shape index (κ1) is 14.5. The number of carbonyl (C=O) groups is 1. The maximum atomic E-state index is 11.7. The number of likely N-dealkylation sites (N-methyl/N-ethyl adjacent to an activating group) is 1. The molecule has 3 unspecified atom stereocenters. The number of ether oxygens (including phenoxy) is 1. The van der Waals surface area contributed by atoms with E-state index in [-0.39, 0.29) is 6.04 Å². The van der Waals surface area contributed by atoms with E-state index in [1.807, 2.05) is 18.9 Å². The van der Waals surface area contributed by atoms with Gasteiger partial charge in [0.1, 0.15) is 5.54 Å². The molecule has 1 rings (SSSR count). The van der Waals surface area contributed by atoms with Gasteiger partial charge < -0.3 is 9.84 Å². The van der Waals surface area contributed by atoms with Crippen LogP contribution in [0.2, 0.25) is 0 Å². The van der Waals surface area contributed by atoms with E-state index in [4.69, 9.17) is 4.74 Å². The molecular formula is C13H25NO3. The minimum Gasteiger partial charge on any atom is -0.480 e. The van der Waals surface area contributed by atoms with Crippen molar-refractivity contribution in [3.63, 3.8) is 0 Å². The van der Waals surface area contributed by atoms with Crippen molar-refractivity contribution in [2.75, 3.05) is 20.8 Å². The van der Waals surface area contributed by atoms with Gasteiger partial charge in [-0.3, -0.25) is 9.69 Å². The zero-order valence-corrected chi connectivity index (χ0v) is 11.4. The third-order valence-electron chi connectivity index (χ3n) is 4.12. The number of hydrogen-bond acceptors (Lipinski definition) is 3. The molecule has 0 saturated heterocycles. The highest BCUT2D eigenvalue weighted by atomic mass is 16.5. The fourth-order valence-electron chi connectivity index (χ4n) is 2.96. The van der Waals surface area contributed by atoms with Crippen molar-refractivity contribution in [1.29, 1.82) is 0 Å². The molecule has 0 aromatic rings. The molecule has 0 aliphatic heterocycles. The Bertz CT molecular complexity index is 269. The molecule has 0 aromatic carbocycles. The van der Waals surface area contributed by atoms with Gasteiger partial charge in [0.05, 0.1) is 6.61 Å². The summed E-state index contributed by atoms with van der Waals surface area (Å²) in [5.74, 6) is -0.202. The van der Waals surface area contributed by atoms with Crippen molar-refractivity contribution in [3.05, 3.63) is 0 Å². The Morgan fingerprint density at radius 2 is 2.29 bits per heavy atom. The van der Waals surface area contributed by atoms with Crippen LogP contribution in [0.25, 0.3) is 0 Å². The standard InChI is InChI=1S/C13H25NO3/c1-10-6-5-7-13(8-10,12(15)16)14(3)11(2)9-17-4/h10-11H,5-9H2,1-4H3,(H,15,16). The molecule has 100 valence electrons. The van der Waals surface area contributed by atoms with E-state index < -0.39 is 11.5 Å². The molecule has 3 atom stereocenters. The van der Waals surface area contributed by atoms with Gasteiger partial charge in [-0.1, -0.05) is 19.8 Å². The molecule has 17 heavy (non-hydrogen) atoms. The molecule has 0 heterocycles. The Morgan fingerprint density at radius 1 is 1.65 bits per heavy atom. The van der Waals surface area contributed by atoms with Gasteiger partial charge >= 0.3 is 5.97 Å². The quantitative estimate of drug-likeness (QED) is 0.802. The Morgan fingerprint density at radius 3 is 2.76 bits per heavy atom. The molecule has 0 amide bonds. The second kappa shape index (κ2) is 5.83. The third-order valence-corrected chi connectivity index (χ3v) is 4.12. The Hall–Kier alpha value is -0.610. The highest BCUT2D eigenvalue weighted by Crippen LogP contribution is 2.37. The molecule has 1 N–H and O–H groups in total. The molecule has 1 aliphatic rings. The van der Waals surface area contributed by atoms with Crippen molar-refractivity contribution < 1.29 is 14.6 Å². The van der Waals surface area contributed by atoms with Crippen molar-refractivity contribution in [3.8, 4) is 0 Å². The summed E-state index contributed by atoms with van der Waals surface area (Å²) in [6, 6.07) is 0.126. The second-order valence-electron chi connectivity index (χ2n) is 5.45. The van der Waals surface area contributed by atoms with Crippen LogP contribution < -0.4 is 0 Å². The number of hydrogen-bond donors (Lipinski definition) is 1. The van der Waals surface area contributed by atoms with Crippen LogP contribution in [-0.4, -0.2) is 48.3 Å². The lowest BCUT2D eigenvalue weighted by molar-refractivity contribution is -0.157. The average molecular weight is 243 g/mol. The van der Waals surface area contributed by atoms with E-state index in [0.29, 0.717) is 12.5 Å². The normalized spacial score (nSPS) is 31.5. The lowest BCUT2D eigenvalue weighted by Gasteiger charge is -2.45. The maximum absolute atomic E-state index is 11.7. The topological polar surface area (TPSA) is 49.8 Å². The monoisotopic (exact) mass is 243 g/mol. The zero-order chi connectivity index (χ0) is 13.1. The summed E-state index contributed by atoms with van der Waals surface area (Å²) in [6.45, 7) is 4.74. The molecule has 0 spiro atoms. The van der Waals surface area contributed by atoms with Crippen LogP contribution in [-0.2, 0) is 9.53 Å². The summed E-state index contributed by atoms with van der Waals surface area (Å²) in [4.78, 5) is 13.7. The van der Waals surface area contributed by atoms with Gasteiger partial charge in [-0.15, -0.1) is 0 Å². The number of methoxy groups -OCH3 is 1. The second-order valence-corrected chi connectivity index (χ2v) is 5.45. The molecule has 0 radical (unpaired) electrons. The summed E-state index contributed by atoms with van der Waals surface area (Å²) in [5.41, 5.74) is -0.699. The summed E-state index contributed by atoms with van der Waals surface area (Å²) < 4.78 is 5.13. The van der Waals surface area contributed by atoms with E-state index >= 15 is 0 Å². The fourth-order valence-corrected chi connectivity index (χ4v) is 2.96. The van der Waals surface area contributed by atoms with Crippen molar-refractivity contribution >= 4 is 5.97 Å². The summed E-state index contributed by atoms with van der Waals surface area (Å²) in [7, 11) is 3.57. The molecule has 4 nitrogen and oxygen atoms in total.